The second-order valence-electron chi connectivity index (χ2n) is 6.79. The molecular formula is C23H22N4O3S. The van der Waals surface area contributed by atoms with Crippen molar-refractivity contribution in [3.05, 3.63) is 72.6 Å². The topological polar surface area (TPSA) is 78.3 Å². The third kappa shape index (κ3) is 4.97. The lowest BCUT2D eigenvalue weighted by molar-refractivity contribution is -0.113. The maximum atomic E-state index is 12.5. The van der Waals surface area contributed by atoms with E-state index in [1.54, 1.807) is 7.11 Å². The Balaban J connectivity index is 1.34. The van der Waals surface area contributed by atoms with E-state index in [1.165, 1.54) is 11.8 Å². The zero-order chi connectivity index (χ0) is 21.6. The quantitative estimate of drug-likeness (QED) is 0.417. The van der Waals surface area contributed by atoms with E-state index in [1.807, 2.05) is 78.3 Å². The average molecular weight is 435 g/mol. The summed E-state index contributed by atoms with van der Waals surface area (Å²) in [5, 5.41) is 14.1. The van der Waals surface area contributed by atoms with Crippen molar-refractivity contribution in [2.45, 2.75) is 11.8 Å². The molecule has 0 atom stereocenters. The smallest absolute Gasteiger partial charge is 0.234 e. The Labute approximate surface area is 184 Å². The van der Waals surface area contributed by atoms with Crippen molar-refractivity contribution in [3.63, 3.8) is 0 Å². The molecule has 1 heterocycles. The Morgan fingerprint density at radius 3 is 2.68 bits per heavy atom. The first-order valence-corrected chi connectivity index (χ1v) is 10.7. The molecule has 8 heteroatoms. The van der Waals surface area contributed by atoms with Gasteiger partial charge < -0.3 is 19.4 Å². The number of amides is 1. The minimum Gasteiger partial charge on any atom is -0.497 e. The molecule has 3 aromatic carbocycles. The highest BCUT2D eigenvalue weighted by molar-refractivity contribution is 7.99. The van der Waals surface area contributed by atoms with Crippen LogP contribution in [0.15, 0.2) is 71.9 Å². The van der Waals surface area contributed by atoms with Crippen molar-refractivity contribution >= 4 is 34.1 Å². The minimum atomic E-state index is -0.0986. The number of nitrogens with one attached hydrogen (secondary N) is 1. The standard InChI is InChI=1S/C23H22N4O3S/c1-27-21(14-30-18-10-6-9-17(13-18)29-2)25-26-23(27)31-15-22(28)24-20-12-5-8-16-7-3-4-11-19(16)20/h3-13H,14-15H2,1-2H3,(H,24,28). The number of rotatable bonds is 8. The van der Waals surface area contributed by atoms with Crippen molar-refractivity contribution in [2.75, 3.05) is 18.2 Å². The van der Waals surface area contributed by atoms with Crippen molar-refractivity contribution in [2.24, 2.45) is 7.05 Å². The molecule has 1 N–H and O–H groups in total. The summed E-state index contributed by atoms with van der Waals surface area (Å²) < 4.78 is 12.8. The fourth-order valence-corrected chi connectivity index (χ4v) is 3.82. The van der Waals surface area contributed by atoms with Crippen molar-refractivity contribution in [1.29, 1.82) is 0 Å². The Hall–Kier alpha value is -3.52. The number of methoxy groups -OCH3 is 1. The zero-order valence-corrected chi connectivity index (χ0v) is 18.1. The maximum absolute atomic E-state index is 12.5. The monoisotopic (exact) mass is 434 g/mol. The van der Waals surface area contributed by atoms with E-state index >= 15 is 0 Å². The molecule has 0 aliphatic carbocycles. The Kier molecular flexibility index (Phi) is 6.37. The lowest BCUT2D eigenvalue weighted by Crippen LogP contribution is -2.14. The molecular weight excluding hydrogens is 412 g/mol. The Morgan fingerprint density at radius 1 is 1.03 bits per heavy atom. The van der Waals surface area contributed by atoms with Gasteiger partial charge in [-0.25, -0.2) is 0 Å². The van der Waals surface area contributed by atoms with E-state index in [-0.39, 0.29) is 18.3 Å². The lowest BCUT2D eigenvalue weighted by Gasteiger charge is -2.09. The number of hydrogen-bond donors (Lipinski definition) is 1. The van der Waals surface area contributed by atoms with E-state index in [0.717, 1.165) is 22.2 Å². The van der Waals surface area contributed by atoms with Gasteiger partial charge in [0.1, 0.15) is 18.1 Å². The van der Waals surface area contributed by atoms with E-state index in [9.17, 15) is 4.79 Å². The minimum absolute atomic E-state index is 0.0986. The van der Waals surface area contributed by atoms with Crippen molar-refractivity contribution in [3.8, 4) is 11.5 Å². The number of benzene rings is 3. The molecule has 4 rings (SSSR count). The SMILES string of the molecule is COc1cccc(OCc2nnc(SCC(=O)Nc3cccc4ccccc34)n2C)c1. The van der Waals surface area contributed by atoms with E-state index in [2.05, 4.69) is 15.5 Å². The van der Waals surface area contributed by atoms with Crippen LogP contribution >= 0.6 is 11.8 Å². The normalized spacial score (nSPS) is 10.8. The summed E-state index contributed by atoms with van der Waals surface area (Å²) in [7, 11) is 3.47. The Morgan fingerprint density at radius 2 is 1.81 bits per heavy atom. The van der Waals surface area contributed by atoms with Crippen LogP contribution in [0.25, 0.3) is 10.8 Å². The van der Waals surface area contributed by atoms with Crippen LogP contribution in [0.3, 0.4) is 0 Å². The number of fused-ring (bicyclic) bond motifs is 1. The van der Waals surface area contributed by atoms with Crippen LogP contribution in [0, 0.1) is 0 Å². The second-order valence-corrected chi connectivity index (χ2v) is 7.73. The van der Waals surface area contributed by atoms with E-state index < -0.39 is 0 Å². The molecule has 1 aromatic heterocycles. The van der Waals surface area contributed by atoms with Crippen LogP contribution < -0.4 is 14.8 Å². The fourth-order valence-electron chi connectivity index (χ4n) is 3.09. The number of nitrogens with zero attached hydrogens (tertiary/aromatic N) is 3. The number of anilines is 1. The molecule has 0 radical (unpaired) electrons. The summed E-state index contributed by atoms with van der Waals surface area (Å²) in [4.78, 5) is 12.5. The van der Waals surface area contributed by atoms with Gasteiger partial charge in [-0.2, -0.15) is 0 Å². The number of carbonyl (C=O) groups excluding carboxylic acids is 1. The zero-order valence-electron chi connectivity index (χ0n) is 17.2. The van der Waals surface area contributed by atoms with Gasteiger partial charge >= 0.3 is 0 Å². The summed E-state index contributed by atoms with van der Waals surface area (Å²) in [6.07, 6.45) is 0. The maximum Gasteiger partial charge on any atom is 0.234 e. The van der Waals surface area contributed by atoms with Gasteiger partial charge in [-0.3, -0.25) is 4.79 Å². The number of ether oxygens (including phenoxy) is 2. The summed E-state index contributed by atoms with van der Waals surface area (Å²) >= 11 is 1.33. The first kappa shape index (κ1) is 20.7. The van der Waals surface area contributed by atoms with Gasteiger partial charge in [-0.15, -0.1) is 10.2 Å². The molecule has 1 amide bonds. The molecule has 4 aromatic rings. The molecule has 0 bridgehead atoms. The third-order valence-electron chi connectivity index (χ3n) is 4.73. The van der Waals surface area contributed by atoms with Gasteiger partial charge in [-0.05, 0) is 23.6 Å². The highest BCUT2D eigenvalue weighted by Crippen LogP contribution is 2.24. The van der Waals surface area contributed by atoms with Gasteiger partial charge in [0.2, 0.25) is 5.91 Å². The summed E-state index contributed by atoms with van der Waals surface area (Å²) in [5.41, 5.74) is 0.800. The Bertz CT molecular complexity index is 1200. The van der Waals surface area contributed by atoms with Crippen molar-refractivity contribution < 1.29 is 14.3 Å². The molecule has 0 unspecified atom stereocenters. The summed E-state index contributed by atoms with van der Waals surface area (Å²) in [6, 6.07) is 21.2. The molecule has 0 fully saturated rings. The molecule has 0 spiro atoms. The fraction of sp³-hybridized carbons (Fsp3) is 0.174. The van der Waals surface area contributed by atoms with Crippen LogP contribution in [-0.2, 0) is 18.4 Å². The van der Waals surface area contributed by atoms with Gasteiger partial charge in [0, 0.05) is 24.2 Å². The van der Waals surface area contributed by atoms with Crippen LogP contribution in [-0.4, -0.2) is 33.5 Å². The molecule has 7 nitrogen and oxygen atoms in total. The van der Waals surface area contributed by atoms with E-state index in [4.69, 9.17) is 9.47 Å². The highest BCUT2D eigenvalue weighted by Gasteiger charge is 2.13. The lowest BCUT2D eigenvalue weighted by atomic mass is 10.1. The average Bonchev–Trinajstić information content (AvgIpc) is 3.16. The van der Waals surface area contributed by atoms with Crippen molar-refractivity contribution in [1.82, 2.24) is 14.8 Å². The number of aromatic nitrogens is 3. The van der Waals surface area contributed by atoms with Crippen LogP contribution in [0.1, 0.15) is 5.82 Å². The predicted molar refractivity (Wildman–Crippen MR) is 122 cm³/mol. The summed E-state index contributed by atoms with van der Waals surface area (Å²) in [5.74, 6) is 2.21. The predicted octanol–water partition coefficient (Wildman–Crippen LogP) is 4.29. The molecule has 0 aliphatic rings. The van der Waals surface area contributed by atoms with Crippen LogP contribution in [0.2, 0.25) is 0 Å². The molecule has 158 valence electrons. The molecule has 0 aliphatic heterocycles. The molecule has 0 saturated heterocycles. The van der Waals surface area contributed by atoms with Gasteiger partial charge in [0.25, 0.3) is 0 Å². The van der Waals surface area contributed by atoms with Crippen LogP contribution in [0.4, 0.5) is 5.69 Å². The highest BCUT2D eigenvalue weighted by atomic mass is 32.2. The van der Waals surface area contributed by atoms with Gasteiger partial charge in [0.15, 0.2) is 11.0 Å². The van der Waals surface area contributed by atoms with Crippen LogP contribution in [0.5, 0.6) is 11.5 Å². The number of carbonyl (C=O) groups is 1. The first-order valence-electron chi connectivity index (χ1n) is 9.69. The largest absolute Gasteiger partial charge is 0.497 e. The number of hydrogen-bond acceptors (Lipinski definition) is 6. The molecule has 31 heavy (non-hydrogen) atoms. The first-order chi connectivity index (χ1) is 15.1. The van der Waals surface area contributed by atoms with Gasteiger partial charge in [-0.1, -0.05) is 54.2 Å². The van der Waals surface area contributed by atoms with Gasteiger partial charge in [0.05, 0.1) is 12.9 Å². The second kappa shape index (κ2) is 9.53. The number of thioether (sulfide) groups is 1. The third-order valence-corrected chi connectivity index (χ3v) is 5.75. The summed E-state index contributed by atoms with van der Waals surface area (Å²) in [6.45, 7) is 0.263. The molecule has 0 saturated carbocycles. The van der Waals surface area contributed by atoms with E-state index in [0.29, 0.717) is 16.7 Å².